The first-order valence-corrected chi connectivity index (χ1v) is 8.68. The first-order chi connectivity index (χ1) is 11.4. The van der Waals surface area contributed by atoms with Crippen LogP contribution in [-0.4, -0.2) is 48.8 Å². The van der Waals surface area contributed by atoms with Crippen molar-refractivity contribution in [1.82, 2.24) is 9.80 Å². The van der Waals surface area contributed by atoms with Crippen LogP contribution in [0.2, 0.25) is 0 Å². The number of likely N-dealkylation sites (N-methyl/N-ethyl adjacent to an activating group) is 2. The van der Waals surface area contributed by atoms with Gasteiger partial charge in [-0.2, -0.15) is 11.3 Å². The molecule has 0 fully saturated rings. The Kier molecular flexibility index (Phi) is 6.52. The molecule has 0 aliphatic carbocycles. The van der Waals surface area contributed by atoms with Gasteiger partial charge in [0.2, 0.25) is 11.8 Å². The average molecular weight is 345 g/mol. The second-order valence-corrected chi connectivity index (χ2v) is 6.75. The maximum Gasteiger partial charge on any atom is 0.243 e. The van der Waals surface area contributed by atoms with Crippen molar-refractivity contribution >= 4 is 28.8 Å². The van der Waals surface area contributed by atoms with Crippen molar-refractivity contribution in [1.29, 1.82) is 0 Å². The van der Waals surface area contributed by atoms with E-state index in [2.05, 4.69) is 10.7 Å². The van der Waals surface area contributed by atoms with E-state index in [1.54, 1.807) is 18.4 Å². The fraction of sp³-hybridized carbons (Fsp3) is 0.333. The number of rotatable bonds is 7. The third-order valence-electron chi connectivity index (χ3n) is 3.58. The van der Waals surface area contributed by atoms with Crippen LogP contribution in [0.3, 0.4) is 0 Å². The summed E-state index contributed by atoms with van der Waals surface area (Å²) in [5.74, 6) is -0.276. The summed E-state index contributed by atoms with van der Waals surface area (Å²) < 4.78 is 0. The molecule has 24 heavy (non-hydrogen) atoms. The molecule has 5 nitrogen and oxygen atoms in total. The van der Waals surface area contributed by atoms with Crippen LogP contribution in [0.15, 0.2) is 41.1 Å². The summed E-state index contributed by atoms with van der Waals surface area (Å²) >= 11 is 1.64. The Morgan fingerprint density at radius 3 is 2.42 bits per heavy atom. The van der Waals surface area contributed by atoms with Gasteiger partial charge in [0.05, 0.1) is 13.1 Å². The van der Waals surface area contributed by atoms with E-state index in [-0.39, 0.29) is 24.9 Å². The average Bonchev–Trinajstić information content (AvgIpc) is 3.02. The molecule has 0 unspecified atom stereocenters. The fourth-order valence-electron chi connectivity index (χ4n) is 2.24. The van der Waals surface area contributed by atoms with Gasteiger partial charge in [-0.25, -0.2) is 0 Å². The van der Waals surface area contributed by atoms with Crippen molar-refractivity contribution < 1.29 is 9.59 Å². The molecule has 2 rings (SSSR count). The molecule has 0 saturated carbocycles. The highest BCUT2D eigenvalue weighted by atomic mass is 32.1. The number of carbonyl (C=O) groups is 2. The minimum atomic E-state index is -0.199. The zero-order chi connectivity index (χ0) is 17.5. The molecule has 1 N–H and O–H groups in total. The van der Waals surface area contributed by atoms with Crippen LogP contribution in [0.1, 0.15) is 11.1 Å². The second kappa shape index (κ2) is 8.61. The van der Waals surface area contributed by atoms with Crippen molar-refractivity contribution in [3.8, 4) is 0 Å². The number of amides is 2. The molecule has 0 radical (unpaired) electrons. The number of nitrogens with zero attached hydrogens (tertiary/aromatic N) is 2. The maximum absolute atomic E-state index is 12.2. The third kappa shape index (κ3) is 5.79. The van der Waals surface area contributed by atoms with Crippen LogP contribution >= 0.6 is 11.3 Å². The van der Waals surface area contributed by atoms with Crippen LogP contribution in [-0.2, 0) is 16.1 Å². The molecular weight excluding hydrogens is 322 g/mol. The first-order valence-electron chi connectivity index (χ1n) is 7.74. The first kappa shape index (κ1) is 18.2. The van der Waals surface area contributed by atoms with Crippen molar-refractivity contribution in [2.75, 3.05) is 32.5 Å². The summed E-state index contributed by atoms with van der Waals surface area (Å²) in [6.45, 7) is 3.03. The van der Waals surface area contributed by atoms with Gasteiger partial charge in [0.25, 0.3) is 0 Å². The van der Waals surface area contributed by atoms with E-state index in [1.165, 1.54) is 10.5 Å². The van der Waals surface area contributed by atoms with Crippen LogP contribution in [0.5, 0.6) is 0 Å². The molecule has 2 amide bonds. The van der Waals surface area contributed by atoms with Crippen LogP contribution in [0.4, 0.5) is 5.69 Å². The lowest BCUT2D eigenvalue weighted by atomic mass is 10.2. The SMILES string of the molecule is Cc1ccc(NC(=O)CN(C)C(=O)CN(C)Cc2ccsc2)cc1. The summed E-state index contributed by atoms with van der Waals surface area (Å²) in [6.07, 6.45) is 0. The fourth-order valence-corrected chi connectivity index (χ4v) is 2.90. The minimum absolute atomic E-state index is 0.0407. The molecule has 1 aromatic heterocycles. The Hall–Kier alpha value is -2.18. The molecule has 0 saturated heterocycles. The smallest absolute Gasteiger partial charge is 0.243 e. The maximum atomic E-state index is 12.2. The quantitative estimate of drug-likeness (QED) is 0.839. The molecule has 1 aromatic carbocycles. The van der Waals surface area contributed by atoms with Crippen molar-refractivity contribution in [3.05, 3.63) is 52.2 Å². The van der Waals surface area contributed by atoms with Crippen LogP contribution in [0, 0.1) is 6.92 Å². The number of carbonyl (C=O) groups excluding carboxylic acids is 2. The van der Waals surface area contributed by atoms with Crippen LogP contribution < -0.4 is 5.32 Å². The molecular formula is C18H23N3O2S. The molecule has 6 heteroatoms. The van der Waals surface area contributed by atoms with Gasteiger partial charge in [-0.3, -0.25) is 14.5 Å². The standard InChI is InChI=1S/C18H23N3O2S/c1-14-4-6-16(7-5-14)19-17(22)11-21(3)18(23)12-20(2)10-15-8-9-24-13-15/h4-9,13H,10-12H2,1-3H3,(H,19,22). The Morgan fingerprint density at radius 2 is 1.79 bits per heavy atom. The van der Waals surface area contributed by atoms with Gasteiger partial charge in [0.1, 0.15) is 0 Å². The largest absolute Gasteiger partial charge is 0.335 e. The van der Waals surface area contributed by atoms with Crippen molar-refractivity contribution in [2.24, 2.45) is 0 Å². The van der Waals surface area contributed by atoms with E-state index >= 15 is 0 Å². The molecule has 0 spiro atoms. The van der Waals surface area contributed by atoms with Crippen molar-refractivity contribution in [3.63, 3.8) is 0 Å². The van der Waals surface area contributed by atoms with E-state index in [0.717, 1.165) is 17.8 Å². The number of thiophene rings is 1. The highest BCUT2D eigenvalue weighted by Crippen LogP contribution is 2.09. The highest BCUT2D eigenvalue weighted by molar-refractivity contribution is 7.07. The molecule has 0 aliphatic heterocycles. The Balaban J connectivity index is 1.77. The molecule has 0 bridgehead atoms. The van der Waals surface area contributed by atoms with E-state index in [0.29, 0.717) is 0 Å². The number of nitrogens with one attached hydrogen (secondary N) is 1. The van der Waals surface area contributed by atoms with E-state index in [4.69, 9.17) is 0 Å². The Morgan fingerprint density at radius 1 is 1.08 bits per heavy atom. The Labute approximate surface area is 146 Å². The molecule has 128 valence electrons. The lowest BCUT2D eigenvalue weighted by Crippen LogP contribution is -2.40. The molecule has 2 aromatic rings. The van der Waals surface area contributed by atoms with E-state index in [9.17, 15) is 9.59 Å². The molecule has 0 aliphatic rings. The minimum Gasteiger partial charge on any atom is -0.335 e. The normalized spacial score (nSPS) is 10.7. The number of anilines is 1. The van der Waals surface area contributed by atoms with Crippen LogP contribution in [0.25, 0.3) is 0 Å². The van der Waals surface area contributed by atoms with Gasteiger partial charge >= 0.3 is 0 Å². The predicted octanol–water partition coefficient (Wildman–Crippen LogP) is 2.59. The topological polar surface area (TPSA) is 52.7 Å². The summed E-state index contributed by atoms with van der Waals surface area (Å²) in [7, 11) is 3.55. The summed E-state index contributed by atoms with van der Waals surface area (Å²) in [5.41, 5.74) is 3.06. The van der Waals surface area contributed by atoms with Gasteiger partial charge in [-0.15, -0.1) is 0 Å². The zero-order valence-corrected chi connectivity index (χ0v) is 15.1. The van der Waals surface area contributed by atoms with Gasteiger partial charge < -0.3 is 10.2 Å². The highest BCUT2D eigenvalue weighted by Gasteiger charge is 2.15. The number of hydrogen-bond donors (Lipinski definition) is 1. The van der Waals surface area contributed by atoms with Crippen molar-refractivity contribution in [2.45, 2.75) is 13.5 Å². The third-order valence-corrected chi connectivity index (χ3v) is 4.31. The summed E-state index contributed by atoms with van der Waals surface area (Å²) in [6, 6.07) is 9.62. The number of benzene rings is 1. The van der Waals surface area contributed by atoms with E-state index < -0.39 is 0 Å². The molecule has 1 heterocycles. The van der Waals surface area contributed by atoms with Gasteiger partial charge in [-0.05, 0) is 48.5 Å². The van der Waals surface area contributed by atoms with Gasteiger partial charge in [0.15, 0.2) is 0 Å². The summed E-state index contributed by atoms with van der Waals surface area (Å²) in [5, 5.41) is 6.89. The number of hydrogen-bond acceptors (Lipinski definition) is 4. The zero-order valence-electron chi connectivity index (χ0n) is 14.3. The Bertz CT molecular complexity index is 668. The van der Waals surface area contributed by atoms with Gasteiger partial charge in [-0.1, -0.05) is 17.7 Å². The van der Waals surface area contributed by atoms with Gasteiger partial charge in [0, 0.05) is 19.3 Å². The lowest BCUT2D eigenvalue weighted by molar-refractivity contribution is -0.134. The monoisotopic (exact) mass is 345 g/mol. The summed E-state index contributed by atoms with van der Waals surface area (Å²) in [4.78, 5) is 27.7. The second-order valence-electron chi connectivity index (χ2n) is 5.97. The van der Waals surface area contributed by atoms with E-state index in [1.807, 2.05) is 54.6 Å². The number of aryl methyl sites for hydroxylation is 1. The molecule has 0 atom stereocenters. The lowest BCUT2D eigenvalue weighted by Gasteiger charge is -2.21. The predicted molar refractivity (Wildman–Crippen MR) is 98.1 cm³/mol.